The van der Waals surface area contributed by atoms with Crippen LogP contribution in [0.25, 0.3) is 11.0 Å². The molecule has 0 unspecified atom stereocenters. The number of nitrogens with zero attached hydrogens (tertiary/aromatic N) is 1. The van der Waals surface area contributed by atoms with Crippen molar-refractivity contribution in [1.82, 2.24) is 0 Å². The van der Waals surface area contributed by atoms with Gasteiger partial charge in [-0.2, -0.15) is 0 Å². The first-order chi connectivity index (χ1) is 12.8. The third kappa shape index (κ3) is 4.12. The van der Waals surface area contributed by atoms with Crippen LogP contribution in [0.5, 0.6) is 11.5 Å². The van der Waals surface area contributed by atoms with Crippen LogP contribution in [0.3, 0.4) is 0 Å². The largest absolute Gasteiger partial charge is 0.482 e. The Labute approximate surface area is 153 Å². The van der Waals surface area contributed by atoms with E-state index < -0.39 is 23.1 Å². The number of benzene rings is 2. The van der Waals surface area contributed by atoms with Crippen molar-refractivity contribution >= 4 is 22.6 Å². The minimum Gasteiger partial charge on any atom is -0.482 e. The van der Waals surface area contributed by atoms with Crippen molar-refractivity contribution < 1.29 is 23.6 Å². The van der Waals surface area contributed by atoms with Gasteiger partial charge >= 0.3 is 17.3 Å². The quantitative estimate of drug-likeness (QED) is 0.223. The summed E-state index contributed by atoms with van der Waals surface area (Å²) in [6, 6.07) is 10.4. The fourth-order valence-electron chi connectivity index (χ4n) is 2.54. The lowest BCUT2D eigenvalue weighted by molar-refractivity contribution is -0.385. The van der Waals surface area contributed by atoms with Gasteiger partial charge in [0.05, 0.1) is 4.92 Å². The van der Waals surface area contributed by atoms with Gasteiger partial charge < -0.3 is 13.9 Å². The zero-order valence-corrected chi connectivity index (χ0v) is 14.6. The van der Waals surface area contributed by atoms with Crippen LogP contribution >= 0.6 is 0 Å². The molecule has 8 heteroatoms. The van der Waals surface area contributed by atoms with Crippen molar-refractivity contribution in [2.45, 2.75) is 13.8 Å². The number of aryl methyl sites for hydroxylation is 2. The van der Waals surface area contributed by atoms with Gasteiger partial charge in [0, 0.05) is 23.6 Å². The van der Waals surface area contributed by atoms with Crippen LogP contribution in [0.15, 0.2) is 51.7 Å². The van der Waals surface area contributed by atoms with E-state index in [9.17, 15) is 19.7 Å². The first-order valence-corrected chi connectivity index (χ1v) is 7.96. The number of rotatable bonds is 5. The van der Waals surface area contributed by atoms with Crippen molar-refractivity contribution in [3.05, 3.63) is 74.1 Å². The summed E-state index contributed by atoms with van der Waals surface area (Å²) in [6.45, 7) is 3.04. The maximum absolute atomic E-state index is 12.0. The maximum Gasteiger partial charge on any atom is 0.349 e. The summed E-state index contributed by atoms with van der Waals surface area (Å²) in [5.41, 5.74) is 1.02. The molecule has 0 aliphatic carbocycles. The molecule has 1 heterocycles. The molecule has 0 spiro atoms. The van der Waals surface area contributed by atoms with Crippen molar-refractivity contribution in [3.8, 4) is 11.5 Å². The van der Waals surface area contributed by atoms with Gasteiger partial charge in [-0.15, -0.1) is 0 Å². The Morgan fingerprint density at radius 1 is 1.15 bits per heavy atom. The maximum atomic E-state index is 12.0. The zero-order chi connectivity index (χ0) is 19.6. The Balaban J connectivity index is 1.73. The molecule has 0 bridgehead atoms. The minimum absolute atomic E-state index is 0.145. The van der Waals surface area contributed by atoms with E-state index in [-0.39, 0.29) is 11.4 Å². The van der Waals surface area contributed by atoms with E-state index in [2.05, 4.69) is 0 Å². The predicted octanol–water partition coefficient (Wildman–Crippen LogP) is 3.30. The lowest BCUT2D eigenvalue weighted by Gasteiger charge is -2.08. The van der Waals surface area contributed by atoms with E-state index in [0.717, 1.165) is 10.9 Å². The average molecular weight is 369 g/mol. The molecule has 0 radical (unpaired) electrons. The van der Waals surface area contributed by atoms with Gasteiger partial charge in [0.2, 0.25) is 5.75 Å². The zero-order valence-electron chi connectivity index (χ0n) is 14.6. The third-order valence-electron chi connectivity index (χ3n) is 3.82. The van der Waals surface area contributed by atoms with Crippen LogP contribution < -0.4 is 15.1 Å². The summed E-state index contributed by atoms with van der Waals surface area (Å²) >= 11 is 0. The smallest absolute Gasteiger partial charge is 0.349 e. The second kappa shape index (κ2) is 7.28. The fourth-order valence-corrected chi connectivity index (χ4v) is 2.54. The SMILES string of the molecule is Cc1ccc([N+](=O)[O-])c(OC(=O)COc2ccc3c(C)cc(=O)oc3c2)c1. The summed E-state index contributed by atoms with van der Waals surface area (Å²) in [4.78, 5) is 33.9. The van der Waals surface area contributed by atoms with Crippen LogP contribution in [0.1, 0.15) is 11.1 Å². The lowest BCUT2D eigenvalue weighted by atomic mass is 10.1. The summed E-state index contributed by atoms with van der Waals surface area (Å²) in [6.07, 6.45) is 0. The number of nitro benzene ring substituents is 1. The number of fused-ring (bicyclic) bond motifs is 1. The van der Waals surface area contributed by atoms with Crippen molar-refractivity contribution in [3.63, 3.8) is 0 Å². The fraction of sp³-hybridized carbons (Fsp3) is 0.158. The van der Waals surface area contributed by atoms with Gasteiger partial charge in [-0.1, -0.05) is 6.07 Å². The van der Waals surface area contributed by atoms with Crippen LogP contribution in [0, 0.1) is 24.0 Å². The Morgan fingerprint density at radius 2 is 1.93 bits per heavy atom. The molecule has 0 aliphatic heterocycles. The highest BCUT2D eigenvalue weighted by molar-refractivity contribution is 5.81. The molecular formula is C19H15NO7. The van der Waals surface area contributed by atoms with Crippen LogP contribution in [-0.2, 0) is 4.79 Å². The second-order valence-corrected chi connectivity index (χ2v) is 5.90. The summed E-state index contributed by atoms with van der Waals surface area (Å²) in [5, 5.41) is 11.8. The summed E-state index contributed by atoms with van der Waals surface area (Å²) in [5.74, 6) is -0.643. The predicted molar refractivity (Wildman–Crippen MR) is 96.2 cm³/mol. The molecule has 8 nitrogen and oxygen atoms in total. The Morgan fingerprint density at radius 3 is 2.67 bits per heavy atom. The average Bonchev–Trinajstić information content (AvgIpc) is 2.59. The van der Waals surface area contributed by atoms with Gasteiger partial charge in [0.1, 0.15) is 11.3 Å². The standard InChI is InChI=1S/C19H15NO7/c1-11-3-6-15(20(23)24)17(7-11)27-19(22)10-25-13-4-5-14-12(2)8-18(21)26-16(14)9-13/h3-9H,10H2,1-2H3. The van der Waals surface area contributed by atoms with Crippen molar-refractivity contribution in [2.24, 2.45) is 0 Å². The molecule has 3 rings (SSSR count). The number of ether oxygens (including phenoxy) is 2. The Hall–Kier alpha value is -3.68. The second-order valence-electron chi connectivity index (χ2n) is 5.90. The first-order valence-electron chi connectivity index (χ1n) is 7.96. The van der Waals surface area contributed by atoms with Gasteiger partial charge in [-0.3, -0.25) is 10.1 Å². The summed E-state index contributed by atoms with van der Waals surface area (Å²) in [7, 11) is 0. The molecule has 0 aliphatic rings. The number of esters is 1. The van der Waals surface area contributed by atoms with Gasteiger partial charge in [-0.25, -0.2) is 9.59 Å². The molecule has 0 fully saturated rings. The van der Waals surface area contributed by atoms with E-state index >= 15 is 0 Å². The van der Waals surface area contributed by atoms with E-state index in [1.807, 2.05) is 0 Å². The molecular weight excluding hydrogens is 354 g/mol. The molecule has 138 valence electrons. The number of carbonyl (C=O) groups is 1. The Bertz CT molecular complexity index is 1100. The van der Waals surface area contributed by atoms with E-state index in [4.69, 9.17) is 13.9 Å². The molecule has 0 amide bonds. The molecule has 3 aromatic rings. The molecule has 0 N–H and O–H groups in total. The van der Waals surface area contributed by atoms with Crippen molar-refractivity contribution in [2.75, 3.05) is 6.61 Å². The highest BCUT2D eigenvalue weighted by atomic mass is 16.6. The van der Waals surface area contributed by atoms with Crippen LogP contribution in [-0.4, -0.2) is 17.5 Å². The number of hydrogen-bond donors (Lipinski definition) is 0. The molecule has 0 saturated heterocycles. The highest BCUT2D eigenvalue weighted by Crippen LogP contribution is 2.28. The van der Waals surface area contributed by atoms with E-state index in [1.54, 1.807) is 32.0 Å². The highest BCUT2D eigenvalue weighted by Gasteiger charge is 2.18. The van der Waals surface area contributed by atoms with Gasteiger partial charge in [0.15, 0.2) is 6.61 Å². The van der Waals surface area contributed by atoms with Crippen LogP contribution in [0.4, 0.5) is 5.69 Å². The summed E-state index contributed by atoms with van der Waals surface area (Å²) < 4.78 is 15.5. The first kappa shape index (κ1) is 18.1. The number of carbonyl (C=O) groups excluding carboxylic acids is 1. The van der Waals surface area contributed by atoms with E-state index in [1.165, 1.54) is 24.3 Å². The Kier molecular flexibility index (Phi) is 4.89. The monoisotopic (exact) mass is 369 g/mol. The molecule has 2 aromatic carbocycles. The molecule has 1 aromatic heterocycles. The normalized spacial score (nSPS) is 10.6. The van der Waals surface area contributed by atoms with Crippen LogP contribution in [0.2, 0.25) is 0 Å². The van der Waals surface area contributed by atoms with Gasteiger partial charge in [0.25, 0.3) is 0 Å². The van der Waals surface area contributed by atoms with Gasteiger partial charge in [-0.05, 0) is 43.2 Å². The lowest BCUT2D eigenvalue weighted by Crippen LogP contribution is -2.18. The topological polar surface area (TPSA) is 109 Å². The number of hydrogen-bond acceptors (Lipinski definition) is 7. The minimum atomic E-state index is -0.797. The molecule has 27 heavy (non-hydrogen) atoms. The number of nitro groups is 1. The molecule has 0 saturated carbocycles. The third-order valence-corrected chi connectivity index (χ3v) is 3.82. The molecule has 0 atom stereocenters. The van der Waals surface area contributed by atoms with Crippen molar-refractivity contribution in [1.29, 1.82) is 0 Å². The van der Waals surface area contributed by atoms with E-state index in [0.29, 0.717) is 16.9 Å².